The first kappa shape index (κ1) is 17.3. The van der Waals surface area contributed by atoms with E-state index in [0.717, 1.165) is 21.8 Å². The van der Waals surface area contributed by atoms with E-state index in [1.165, 1.54) is 23.9 Å². The van der Waals surface area contributed by atoms with E-state index in [1.807, 2.05) is 42.5 Å². The van der Waals surface area contributed by atoms with Gasteiger partial charge in [-0.05, 0) is 42.0 Å². The topological polar surface area (TPSA) is 57.8 Å². The molecular formula is C21H16FN3OS. The summed E-state index contributed by atoms with van der Waals surface area (Å²) in [7, 11) is 0. The lowest BCUT2D eigenvalue weighted by molar-refractivity contribution is 0.102. The number of para-hydroxylation sites is 2. The summed E-state index contributed by atoms with van der Waals surface area (Å²) in [5, 5.41) is 3.55. The number of amides is 1. The Morgan fingerprint density at radius 3 is 2.70 bits per heavy atom. The Kier molecular flexibility index (Phi) is 4.89. The third-order valence-corrected chi connectivity index (χ3v) is 5.00. The number of carbonyl (C=O) groups excluding carboxylic acids is 1. The molecule has 0 bridgehead atoms. The zero-order valence-electron chi connectivity index (χ0n) is 14.3. The molecule has 0 saturated heterocycles. The van der Waals surface area contributed by atoms with Gasteiger partial charge in [-0.2, -0.15) is 0 Å². The third kappa shape index (κ3) is 4.01. The molecule has 0 fully saturated rings. The fourth-order valence-corrected chi connectivity index (χ4v) is 3.67. The van der Waals surface area contributed by atoms with E-state index in [0.29, 0.717) is 17.0 Å². The van der Waals surface area contributed by atoms with Crippen molar-refractivity contribution in [3.05, 3.63) is 89.7 Å². The van der Waals surface area contributed by atoms with Crippen molar-refractivity contribution in [3.63, 3.8) is 0 Å². The Morgan fingerprint density at radius 1 is 1.04 bits per heavy atom. The van der Waals surface area contributed by atoms with Crippen molar-refractivity contribution in [1.29, 1.82) is 0 Å². The maximum atomic E-state index is 13.3. The van der Waals surface area contributed by atoms with Gasteiger partial charge in [-0.1, -0.05) is 48.2 Å². The Hall–Kier alpha value is -3.12. The highest BCUT2D eigenvalue weighted by atomic mass is 32.2. The Balaban J connectivity index is 1.51. The molecule has 6 heteroatoms. The number of carbonyl (C=O) groups is 1. The predicted molar refractivity (Wildman–Crippen MR) is 106 cm³/mol. The summed E-state index contributed by atoms with van der Waals surface area (Å²) in [6.45, 7) is 0. The standard InChI is InChI=1S/C21H16FN3OS/c22-15-7-5-8-16(12-15)23-20(26)17-9-2-1-6-14(17)13-27-21-24-18-10-3-4-11-19(18)25-21/h1-12H,13H2,(H,23,26)(H,24,25). The number of nitrogens with one attached hydrogen (secondary N) is 2. The molecular weight excluding hydrogens is 361 g/mol. The predicted octanol–water partition coefficient (Wildman–Crippen LogP) is 5.25. The minimum atomic E-state index is -0.387. The molecule has 0 unspecified atom stereocenters. The van der Waals surface area contributed by atoms with Gasteiger partial charge in [0.15, 0.2) is 5.16 Å². The molecule has 4 rings (SSSR count). The monoisotopic (exact) mass is 377 g/mol. The molecule has 0 spiro atoms. The van der Waals surface area contributed by atoms with Crippen molar-refractivity contribution < 1.29 is 9.18 Å². The van der Waals surface area contributed by atoms with Gasteiger partial charge >= 0.3 is 0 Å². The van der Waals surface area contributed by atoms with Crippen LogP contribution in [0.3, 0.4) is 0 Å². The van der Waals surface area contributed by atoms with Crippen molar-refractivity contribution in [1.82, 2.24) is 9.97 Å². The molecule has 0 aliphatic heterocycles. The van der Waals surface area contributed by atoms with Gasteiger partial charge in [-0.15, -0.1) is 0 Å². The highest BCUT2D eigenvalue weighted by Gasteiger charge is 2.13. The molecule has 3 aromatic carbocycles. The van der Waals surface area contributed by atoms with Gasteiger partial charge in [-0.25, -0.2) is 9.37 Å². The molecule has 0 aliphatic carbocycles. The fourth-order valence-electron chi connectivity index (χ4n) is 2.78. The summed E-state index contributed by atoms with van der Waals surface area (Å²) in [5.41, 5.74) is 3.77. The number of hydrogen-bond acceptors (Lipinski definition) is 3. The van der Waals surface area contributed by atoms with Gasteiger partial charge in [0, 0.05) is 17.0 Å². The van der Waals surface area contributed by atoms with E-state index in [-0.39, 0.29) is 11.7 Å². The number of imidazole rings is 1. The fraction of sp³-hybridized carbons (Fsp3) is 0.0476. The molecule has 27 heavy (non-hydrogen) atoms. The molecule has 0 aliphatic rings. The van der Waals surface area contributed by atoms with Crippen molar-refractivity contribution in [3.8, 4) is 0 Å². The molecule has 0 atom stereocenters. The van der Waals surface area contributed by atoms with Crippen LogP contribution in [0.15, 0.2) is 78.0 Å². The zero-order valence-corrected chi connectivity index (χ0v) is 15.1. The van der Waals surface area contributed by atoms with E-state index in [4.69, 9.17) is 0 Å². The number of nitrogens with zero attached hydrogens (tertiary/aromatic N) is 1. The van der Waals surface area contributed by atoms with E-state index in [9.17, 15) is 9.18 Å². The van der Waals surface area contributed by atoms with Crippen molar-refractivity contribution in [2.45, 2.75) is 10.9 Å². The summed E-state index contributed by atoms with van der Waals surface area (Å²) >= 11 is 1.53. The zero-order chi connectivity index (χ0) is 18.6. The van der Waals surface area contributed by atoms with Crippen LogP contribution < -0.4 is 5.32 Å². The maximum absolute atomic E-state index is 13.3. The molecule has 2 N–H and O–H groups in total. The summed E-state index contributed by atoms with van der Waals surface area (Å²) in [4.78, 5) is 20.4. The lowest BCUT2D eigenvalue weighted by Gasteiger charge is -2.09. The SMILES string of the molecule is O=C(Nc1cccc(F)c1)c1ccccc1CSc1nc2ccccc2[nH]1. The lowest BCUT2D eigenvalue weighted by atomic mass is 10.1. The van der Waals surface area contributed by atoms with Crippen LogP contribution in [-0.4, -0.2) is 15.9 Å². The van der Waals surface area contributed by atoms with E-state index < -0.39 is 0 Å². The molecule has 0 saturated carbocycles. The Bertz CT molecular complexity index is 1080. The van der Waals surface area contributed by atoms with Crippen LogP contribution in [0.2, 0.25) is 0 Å². The Morgan fingerprint density at radius 2 is 1.85 bits per heavy atom. The van der Waals surface area contributed by atoms with E-state index in [1.54, 1.807) is 18.2 Å². The highest BCUT2D eigenvalue weighted by molar-refractivity contribution is 7.98. The first-order chi connectivity index (χ1) is 13.2. The first-order valence-corrected chi connectivity index (χ1v) is 9.40. The number of aromatic amines is 1. The number of hydrogen-bond donors (Lipinski definition) is 2. The normalized spacial score (nSPS) is 10.9. The number of thioether (sulfide) groups is 1. The number of aromatic nitrogens is 2. The largest absolute Gasteiger partial charge is 0.333 e. The van der Waals surface area contributed by atoms with Crippen LogP contribution in [-0.2, 0) is 5.75 Å². The second-order valence-electron chi connectivity index (χ2n) is 5.97. The number of anilines is 1. The first-order valence-electron chi connectivity index (χ1n) is 8.41. The molecule has 1 heterocycles. The van der Waals surface area contributed by atoms with Gasteiger partial charge < -0.3 is 10.3 Å². The number of halogens is 1. The molecule has 4 aromatic rings. The van der Waals surface area contributed by atoms with Gasteiger partial charge in [0.25, 0.3) is 5.91 Å². The third-order valence-electron chi connectivity index (χ3n) is 4.08. The summed E-state index contributed by atoms with van der Waals surface area (Å²) < 4.78 is 13.3. The summed E-state index contributed by atoms with van der Waals surface area (Å²) in [6, 6.07) is 21.1. The van der Waals surface area contributed by atoms with Crippen LogP contribution in [0, 0.1) is 5.82 Å². The van der Waals surface area contributed by atoms with E-state index in [2.05, 4.69) is 15.3 Å². The van der Waals surface area contributed by atoms with Crippen LogP contribution >= 0.6 is 11.8 Å². The van der Waals surface area contributed by atoms with Gasteiger partial charge in [0.05, 0.1) is 11.0 Å². The maximum Gasteiger partial charge on any atom is 0.255 e. The van der Waals surface area contributed by atoms with Crippen LogP contribution in [0.4, 0.5) is 10.1 Å². The van der Waals surface area contributed by atoms with Crippen molar-refractivity contribution in [2.24, 2.45) is 0 Å². The lowest BCUT2D eigenvalue weighted by Crippen LogP contribution is -2.14. The summed E-state index contributed by atoms with van der Waals surface area (Å²) in [5.74, 6) is -0.0602. The van der Waals surface area contributed by atoms with Gasteiger partial charge in [0.1, 0.15) is 5.82 Å². The number of H-pyrrole nitrogens is 1. The molecule has 134 valence electrons. The second kappa shape index (κ2) is 7.63. The molecule has 1 amide bonds. The van der Waals surface area contributed by atoms with Crippen LogP contribution in [0.1, 0.15) is 15.9 Å². The van der Waals surface area contributed by atoms with Crippen molar-refractivity contribution >= 4 is 34.4 Å². The minimum absolute atomic E-state index is 0.263. The quantitative estimate of drug-likeness (QED) is 0.467. The average Bonchev–Trinajstić information content (AvgIpc) is 3.09. The number of fused-ring (bicyclic) bond motifs is 1. The number of rotatable bonds is 5. The molecule has 0 radical (unpaired) electrons. The van der Waals surface area contributed by atoms with E-state index >= 15 is 0 Å². The summed E-state index contributed by atoms with van der Waals surface area (Å²) in [6.07, 6.45) is 0. The van der Waals surface area contributed by atoms with Crippen LogP contribution in [0.5, 0.6) is 0 Å². The minimum Gasteiger partial charge on any atom is -0.333 e. The van der Waals surface area contributed by atoms with Gasteiger partial charge in [0.2, 0.25) is 0 Å². The van der Waals surface area contributed by atoms with Crippen LogP contribution in [0.25, 0.3) is 11.0 Å². The molecule has 4 nitrogen and oxygen atoms in total. The smallest absolute Gasteiger partial charge is 0.255 e. The van der Waals surface area contributed by atoms with Crippen molar-refractivity contribution in [2.75, 3.05) is 5.32 Å². The van der Waals surface area contributed by atoms with Gasteiger partial charge in [-0.3, -0.25) is 4.79 Å². The Labute approximate surface area is 159 Å². The second-order valence-corrected chi connectivity index (χ2v) is 6.93. The molecule has 1 aromatic heterocycles. The number of benzene rings is 3. The highest BCUT2D eigenvalue weighted by Crippen LogP contribution is 2.25. The average molecular weight is 377 g/mol.